The van der Waals surface area contributed by atoms with Gasteiger partial charge < -0.3 is 19.6 Å². The zero-order valence-electron chi connectivity index (χ0n) is 17.0. The topological polar surface area (TPSA) is 105 Å². The third-order valence-electron chi connectivity index (χ3n) is 4.19. The van der Waals surface area contributed by atoms with Gasteiger partial charge in [0.05, 0.1) is 31.2 Å². The van der Waals surface area contributed by atoms with Crippen molar-refractivity contribution in [3.8, 4) is 12.3 Å². The van der Waals surface area contributed by atoms with Crippen molar-refractivity contribution in [1.29, 1.82) is 0 Å². The molecule has 0 radical (unpaired) electrons. The second kappa shape index (κ2) is 11.1. The van der Waals surface area contributed by atoms with Crippen molar-refractivity contribution in [2.75, 3.05) is 32.9 Å². The predicted octanol–water partition coefficient (Wildman–Crippen LogP) is 1.69. The summed E-state index contributed by atoms with van der Waals surface area (Å²) in [4.78, 5) is 34.9. The van der Waals surface area contributed by atoms with E-state index in [4.69, 9.17) is 15.9 Å². The molecule has 2 N–H and O–H groups in total. The molecule has 0 aliphatic heterocycles. The molecular formula is C20H27N3O5S. The van der Waals surface area contributed by atoms with Gasteiger partial charge in [0.2, 0.25) is 0 Å². The van der Waals surface area contributed by atoms with E-state index in [1.807, 2.05) is 11.8 Å². The first-order valence-electron chi connectivity index (χ1n) is 9.52. The van der Waals surface area contributed by atoms with Gasteiger partial charge in [0, 0.05) is 6.54 Å². The number of aromatic nitrogens is 2. The number of hydrogen-bond donors (Lipinski definition) is 2. The number of nitrogens with one attached hydrogen (secondary N) is 1. The predicted molar refractivity (Wildman–Crippen MR) is 112 cm³/mol. The Hall–Kier alpha value is -2.25. The number of nitrogens with zero attached hydrogens (tertiary/aromatic N) is 2. The summed E-state index contributed by atoms with van der Waals surface area (Å²) in [6.45, 7) is 7.47. The Labute approximate surface area is 173 Å². The van der Waals surface area contributed by atoms with Crippen molar-refractivity contribution in [2.45, 2.75) is 39.8 Å². The van der Waals surface area contributed by atoms with E-state index in [0.29, 0.717) is 46.1 Å². The summed E-state index contributed by atoms with van der Waals surface area (Å²) < 4.78 is 10.2. The summed E-state index contributed by atoms with van der Waals surface area (Å²) in [7, 11) is 0. The molecule has 9 heteroatoms. The number of aliphatic hydroxyl groups excluding tert-OH is 1. The lowest BCUT2D eigenvalue weighted by Gasteiger charge is -2.23. The van der Waals surface area contributed by atoms with Crippen molar-refractivity contribution >= 4 is 27.5 Å². The fourth-order valence-electron chi connectivity index (χ4n) is 3.02. The minimum absolute atomic E-state index is 0.139. The molecule has 0 fully saturated rings. The number of thiophene rings is 1. The van der Waals surface area contributed by atoms with Gasteiger partial charge in [-0.05, 0) is 32.4 Å². The molecule has 0 bridgehead atoms. The monoisotopic (exact) mass is 421 g/mol. The van der Waals surface area contributed by atoms with Crippen LogP contribution in [0.15, 0.2) is 4.79 Å². The molecular weight excluding hydrogens is 394 g/mol. The van der Waals surface area contributed by atoms with Crippen LogP contribution in [0, 0.1) is 19.3 Å². The maximum atomic E-state index is 12.6. The van der Waals surface area contributed by atoms with Crippen LogP contribution >= 0.6 is 11.3 Å². The molecule has 1 unspecified atom stereocenters. The van der Waals surface area contributed by atoms with Crippen LogP contribution in [0.4, 0.5) is 0 Å². The van der Waals surface area contributed by atoms with Crippen molar-refractivity contribution in [1.82, 2.24) is 14.9 Å². The Kier molecular flexibility index (Phi) is 8.79. The maximum Gasteiger partial charge on any atom is 0.348 e. The summed E-state index contributed by atoms with van der Waals surface area (Å²) in [6.07, 6.45) is 5.30. The third-order valence-corrected chi connectivity index (χ3v) is 5.35. The van der Waals surface area contributed by atoms with Crippen molar-refractivity contribution < 1.29 is 19.4 Å². The quantitative estimate of drug-likeness (QED) is 0.323. The van der Waals surface area contributed by atoms with Crippen LogP contribution in [0.5, 0.6) is 0 Å². The lowest BCUT2D eigenvalue weighted by molar-refractivity contribution is 0.0256. The highest BCUT2D eigenvalue weighted by Crippen LogP contribution is 2.27. The van der Waals surface area contributed by atoms with E-state index in [-0.39, 0.29) is 25.4 Å². The lowest BCUT2D eigenvalue weighted by Crippen LogP contribution is -2.36. The summed E-state index contributed by atoms with van der Waals surface area (Å²) in [5, 5.41) is 10.6. The molecule has 158 valence electrons. The number of ether oxygens (including phenoxy) is 2. The summed E-state index contributed by atoms with van der Waals surface area (Å²) in [5.74, 6) is 2.39. The Morgan fingerprint density at radius 2 is 2.21 bits per heavy atom. The summed E-state index contributed by atoms with van der Waals surface area (Å²) in [5.41, 5.74) is 0.291. The fourth-order valence-corrected chi connectivity index (χ4v) is 4.12. The number of carbonyl (C=O) groups is 1. The normalized spacial score (nSPS) is 12.3. The van der Waals surface area contributed by atoms with Gasteiger partial charge in [-0.2, -0.15) is 0 Å². The van der Waals surface area contributed by atoms with Crippen LogP contribution in [0.25, 0.3) is 10.2 Å². The Bertz CT molecular complexity index is 931. The number of H-pyrrole nitrogens is 1. The van der Waals surface area contributed by atoms with Crippen molar-refractivity contribution in [3.63, 3.8) is 0 Å². The molecule has 0 spiro atoms. The van der Waals surface area contributed by atoms with Gasteiger partial charge in [0.15, 0.2) is 0 Å². The highest BCUT2D eigenvalue weighted by molar-refractivity contribution is 7.20. The van der Waals surface area contributed by atoms with E-state index in [0.717, 1.165) is 17.8 Å². The highest BCUT2D eigenvalue weighted by atomic mass is 32.1. The van der Waals surface area contributed by atoms with Gasteiger partial charge in [-0.3, -0.25) is 9.69 Å². The van der Waals surface area contributed by atoms with Gasteiger partial charge in [-0.25, -0.2) is 9.78 Å². The average Bonchev–Trinajstić information content (AvgIpc) is 2.99. The zero-order valence-corrected chi connectivity index (χ0v) is 17.8. The molecule has 2 rings (SSSR count). The minimum atomic E-state index is -0.704. The number of rotatable bonds is 11. The number of aromatic amines is 1. The molecule has 8 nitrogen and oxygen atoms in total. The van der Waals surface area contributed by atoms with Gasteiger partial charge in [0.25, 0.3) is 5.56 Å². The Balaban J connectivity index is 2.22. The van der Waals surface area contributed by atoms with Crippen LogP contribution in [-0.4, -0.2) is 65.0 Å². The number of carbonyl (C=O) groups excluding carboxylic acids is 1. The van der Waals surface area contributed by atoms with Crippen molar-refractivity contribution in [3.05, 3.63) is 26.6 Å². The van der Waals surface area contributed by atoms with Gasteiger partial charge in [0.1, 0.15) is 22.1 Å². The largest absolute Gasteiger partial charge is 0.462 e. The maximum absolute atomic E-state index is 12.6. The zero-order chi connectivity index (χ0) is 21.4. The number of fused-ring (bicyclic) bond motifs is 1. The van der Waals surface area contributed by atoms with Crippen LogP contribution in [-0.2, 0) is 16.0 Å². The lowest BCUT2D eigenvalue weighted by atomic mass is 10.2. The number of aryl methyl sites for hydroxylation is 1. The van der Waals surface area contributed by atoms with E-state index in [1.54, 1.807) is 13.8 Å². The van der Waals surface area contributed by atoms with Crippen LogP contribution in [0.2, 0.25) is 0 Å². The molecule has 0 amide bonds. The van der Waals surface area contributed by atoms with E-state index < -0.39 is 12.1 Å². The summed E-state index contributed by atoms with van der Waals surface area (Å²) in [6, 6.07) is 0. The molecule has 0 aromatic carbocycles. The molecule has 0 saturated carbocycles. The molecule has 1 atom stereocenters. The molecule has 0 aliphatic carbocycles. The standard InChI is InChI=1S/C20H27N3O5S/c1-5-8-23(10-14(24)12-27-9-6-2)11-15-21-18(25)16-13(4)17(20(26)28-7-3)29-19(16)22-15/h2,14,24H,5,7-12H2,1,3-4H3,(H,21,22,25). The highest BCUT2D eigenvalue weighted by Gasteiger charge is 2.21. The second-order valence-electron chi connectivity index (χ2n) is 6.58. The smallest absolute Gasteiger partial charge is 0.348 e. The van der Waals surface area contributed by atoms with Gasteiger partial charge in [-0.1, -0.05) is 12.8 Å². The first-order chi connectivity index (χ1) is 13.9. The van der Waals surface area contributed by atoms with Crippen LogP contribution < -0.4 is 5.56 Å². The Morgan fingerprint density at radius 3 is 2.86 bits per heavy atom. The van der Waals surface area contributed by atoms with Crippen molar-refractivity contribution in [2.24, 2.45) is 0 Å². The Morgan fingerprint density at radius 1 is 1.45 bits per heavy atom. The molecule has 0 saturated heterocycles. The second-order valence-corrected chi connectivity index (χ2v) is 7.58. The molecule has 0 aliphatic rings. The summed E-state index contributed by atoms with van der Waals surface area (Å²) >= 11 is 1.16. The molecule has 2 aromatic rings. The molecule has 29 heavy (non-hydrogen) atoms. The van der Waals surface area contributed by atoms with Crippen LogP contribution in [0.1, 0.15) is 41.3 Å². The first kappa shape index (κ1) is 23.0. The van der Waals surface area contributed by atoms with E-state index >= 15 is 0 Å². The average molecular weight is 422 g/mol. The number of hydrogen-bond acceptors (Lipinski definition) is 8. The van der Waals surface area contributed by atoms with Crippen LogP contribution in [0.3, 0.4) is 0 Å². The van der Waals surface area contributed by atoms with Gasteiger partial charge in [-0.15, -0.1) is 17.8 Å². The third kappa shape index (κ3) is 6.11. The first-order valence-corrected chi connectivity index (χ1v) is 10.3. The number of terminal acetylenes is 1. The van der Waals surface area contributed by atoms with E-state index in [2.05, 4.69) is 15.9 Å². The number of esters is 1. The molecule has 2 heterocycles. The fraction of sp³-hybridized carbons (Fsp3) is 0.550. The minimum Gasteiger partial charge on any atom is -0.462 e. The van der Waals surface area contributed by atoms with E-state index in [1.165, 1.54) is 0 Å². The van der Waals surface area contributed by atoms with E-state index in [9.17, 15) is 14.7 Å². The number of aliphatic hydroxyl groups is 1. The van der Waals surface area contributed by atoms with Gasteiger partial charge >= 0.3 is 5.97 Å². The SMILES string of the molecule is C#CCOCC(O)CN(CCC)Cc1nc2sc(C(=O)OCC)c(C)c2c(=O)[nH]1. The molecule has 2 aromatic heterocycles.